The molecule has 3 aromatic carbocycles. The molecule has 0 amide bonds. The highest BCUT2D eigenvalue weighted by atomic mass is 19.1. The number of methoxy groups -OCH3 is 1. The first kappa shape index (κ1) is 29.8. The number of benzene rings is 3. The SMILES string of the molecule is CO[C@@H]1COC[C@@H]1n1c(Cc2cc(F)c(-c3cccc(OCc4ccc(C#N)cc4F)n3)cc2F)nc2ccc(C(=O)O)cc21. The number of pyridine rings is 1. The van der Waals surface area contributed by atoms with Crippen molar-refractivity contribution >= 4 is 17.0 Å². The molecular formula is C33H25F3N4O5. The fraction of sp³-hybridized carbons (Fsp3) is 0.212. The molecule has 5 aromatic rings. The number of hydrogen-bond donors (Lipinski definition) is 1. The van der Waals surface area contributed by atoms with Crippen molar-refractivity contribution in [1.29, 1.82) is 5.26 Å². The van der Waals surface area contributed by atoms with Crippen LogP contribution in [0.3, 0.4) is 0 Å². The molecule has 3 heterocycles. The smallest absolute Gasteiger partial charge is 0.335 e. The van der Waals surface area contributed by atoms with Crippen LogP contribution in [0.2, 0.25) is 0 Å². The summed E-state index contributed by atoms with van der Waals surface area (Å²) in [6.07, 6.45) is -0.452. The van der Waals surface area contributed by atoms with Crippen LogP contribution in [-0.2, 0) is 22.5 Å². The van der Waals surface area contributed by atoms with Gasteiger partial charge in [0.05, 0.1) is 53.2 Å². The van der Waals surface area contributed by atoms with Crippen molar-refractivity contribution in [3.05, 3.63) is 112 Å². The van der Waals surface area contributed by atoms with Crippen molar-refractivity contribution < 1.29 is 37.3 Å². The Balaban J connectivity index is 1.29. The Kier molecular flexibility index (Phi) is 8.21. The Morgan fingerprint density at radius 1 is 1.02 bits per heavy atom. The number of nitrogens with zero attached hydrogens (tertiary/aromatic N) is 4. The maximum atomic E-state index is 15.6. The molecule has 9 nitrogen and oxygen atoms in total. The lowest BCUT2D eigenvalue weighted by Crippen LogP contribution is -2.26. The monoisotopic (exact) mass is 614 g/mol. The zero-order valence-corrected chi connectivity index (χ0v) is 23.8. The van der Waals surface area contributed by atoms with Gasteiger partial charge in [0.25, 0.3) is 0 Å². The second-order valence-corrected chi connectivity index (χ2v) is 10.5. The Morgan fingerprint density at radius 2 is 1.84 bits per heavy atom. The van der Waals surface area contributed by atoms with Gasteiger partial charge in [-0.15, -0.1) is 0 Å². The number of nitriles is 1. The minimum absolute atomic E-state index is 0.0304. The summed E-state index contributed by atoms with van der Waals surface area (Å²) in [5.74, 6) is -2.69. The molecule has 0 bridgehead atoms. The van der Waals surface area contributed by atoms with Crippen LogP contribution in [-0.4, -0.2) is 52.0 Å². The lowest BCUT2D eigenvalue weighted by Gasteiger charge is -2.21. The quantitative estimate of drug-likeness (QED) is 0.220. The van der Waals surface area contributed by atoms with Crippen LogP contribution >= 0.6 is 0 Å². The normalized spacial score (nSPS) is 16.2. The van der Waals surface area contributed by atoms with Gasteiger partial charge in [-0.05, 0) is 54.1 Å². The summed E-state index contributed by atoms with van der Waals surface area (Å²) in [4.78, 5) is 20.6. The van der Waals surface area contributed by atoms with Gasteiger partial charge in [0.15, 0.2) is 0 Å². The molecule has 2 atom stereocenters. The molecule has 45 heavy (non-hydrogen) atoms. The lowest BCUT2D eigenvalue weighted by molar-refractivity contribution is 0.0687. The fourth-order valence-corrected chi connectivity index (χ4v) is 5.38. The Bertz CT molecular complexity index is 1970. The maximum absolute atomic E-state index is 15.6. The highest BCUT2D eigenvalue weighted by Crippen LogP contribution is 2.32. The molecule has 0 radical (unpaired) electrons. The number of carboxylic acid groups (broad SMARTS) is 1. The van der Waals surface area contributed by atoms with Crippen molar-refractivity contribution in [1.82, 2.24) is 14.5 Å². The van der Waals surface area contributed by atoms with Crippen LogP contribution in [0.25, 0.3) is 22.3 Å². The maximum Gasteiger partial charge on any atom is 0.335 e. The van der Waals surface area contributed by atoms with E-state index < -0.39 is 23.4 Å². The highest BCUT2D eigenvalue weighted by Gasteiger charge is 2.33. The third kappa shape index (κ3) is 5.95. The van der Waals surface area contributed by atoms with Gasteiger partial charge in [-0.25, -0.2) is 27.9 Å². The van der Waals surface area contributed by atoms with E-state index >= 15 is 8.78 Å². The first-order chi connectivity index (χ1) is 21.7. The van der Waals surface area contributed by atoms with Crippen LogP contribution < -0.4 is 4.74 Å². The molecule has 1 N–H and O–H groups in total. The van der Waals surface area contributed by atoms with Crippen molar-refractivity contribution in [2.75, 3.05) is 20.3 Å². The minimum Gasteiger partial charge on any atom is -0.478 e. The van der Waals surface area contributed by atoms with Gasteiger partial charge in [0.1, 0.15) is 36.0 Å². The van der Waals surface area contributed by atoms with Crippen molar-refractivity contribution in [2.24, 2.45) is 0 Å². The third-order valence-corrected chi connectivity index (χ3v) is 7.69. The van der Waals surface area contributed by atoms with Crippen LogP contribution in [0, 0.1) is 28.8 Å². The number of aromatic carboxylic acids is 1. The Labute approximate surface area is 255 Å². The predicted molar refractivity (Wildman–Crippen MR) is 155 cm³/mol. The van der Waals surface area contributed by atoms with Gasteiger partial charge in [-0.2, -0.15) is 5.26 Å². The number of fused-ring (bicyclic) bond motifs is 1. The van der Waals surface area contributed by atoms with Gasteiger partial charge >= 0.3 is 5.97 Å². The summed E-state index contributed by atoms with van der Waals surface area (Å²) in [5.41, 5.74) is 1.48. The molecule has 1 aliphatic rings. The molecule has 0 unspecified atom stereocenters. The first-order valence-corrected chi connectivity index (χ1v) is 13.9. The molecule has 0 spiro atoms. The topological polar surface area (TPSA) is 119 Å². The van der Waals surface area contributed by atoms with E-state index in [2.05, 4.69) is 9.97 Å². The number of hydrogen-bond acceptors (Lipinski definition) is 7. The van der Waals surface area contributed by atoms with E-state index in [0.717, 1.165) is 18.2 Å². The average Bonchev–Trinajstić information content (AvgIpc) is 3.65. The Morgan fingerprint density at radius 3 is 2.60 bits per heavy atom. The number of ether oxygens (including phenoxy) is 3. The predicted octanol–water partition coefficient (Wildman–Crippen LogP) is 5.84. The number of aromatic nitrogens is 3. The molecule has 6 rings (SSSR count). The van der Waals surface area contributed by atoms with E-state index in [1.807, 2.05) is 6.07 Å². The summed E-state index contributed by atoms with van der Waals surface area (Å²) in [6.45, 7) is 0.398. The van der Waals surface area contributed by atoms with Gasteiger partial charge in [0.2, 0.25) is 5.88 Å². The summed E-state index contributed by atoms with van der Waals surface area (Å²) >= 11 is 0. The number of carboxylic acids is 1. The number of halogens is 3. The summed E-state index contributed by atoms with van der Waals surface area (Å²) in [7, 11) is 1.54. The van der Waals surface area contributed by atoms with Crippen LogP contribution in [0.15, 0.2) is 66.7 Å². The second kappa shape index (κ2) is 12.4. The summed E-state index contributed by atoms with van der Waals surface area (Å²) < 4.78 is 64.0. The molecule has 1 aliphatic heterocycles. The molecule has 0 aliphatic carbocycles. The largest absolute Gasteiger partial charge is 0.478 e. The zero-order chi connectivity index (χ0) is 31.7. The van der Waals surface area contributed by atoms with E-state index in [0.29, 0.717) is 23.5 Å². The van der Waals surface area contributed by atoms with E-state index in [4.69, 9.17) is 19.5 Å². The fourth-order valence-electron chi connectivity index (χ4n) is 5.38. The molecular weight excluding hydrogens is 589 g/mol. The number of carbonyl (C=O) groups is 1. The van der Waals surface area contributed by atoms with Crippen molar-refractivity contribution in [3.8, 4) is 23.2 Å². The van der Waals surface area contributed by atoms with Crippen LogP contribution in [0.1, 0.15) is 38.9 Å². The van der Waals surface area contributed by atoms with E-state index in [-0.39, 0.29) is 71.2 Å². The molecule has 228 valence electrons. The average molecular weight is 615 g/mol. The van der Waals surface area contributed by atoms with Gasteiger partial charge < -0.3 is 23.9 Å². The molecule has 1 saturated heterocycles. The lowest BCUT2D eigenvalue weighted by atomic mass is 10.0. The second-order valence-electron chi connectivity index (χ2n) is 10.5. The molecule has 2 aromatic heterocycles. The van der Waals surface area contributed by atoms with Gasteiger partial charge in [-0.3, -0.25) is 0 Å². The van der Waals surface area contributed by atoms with Crippen molar-refractivity contribution in [3.63, 3.8) is 0 Å². The van der Waals surface area contributed by atoms with Crippen LogP contribution in [0.4, 0.5) is 13.2 Å². The minimum atomic E-state index is -1.11. The van der Waals surface area contributed by atoms with Crippen molar-refractivity contribution in [2.45, 2.75) is 25.2 Å². The first-order valence-electron chi connectivity index (χ1n) is 13.9. The Hall–Kier alpha value is -5.25. The summed E-state index contributed by atoms with van der Waals surface area (Å²) in [6, 6.07) is 16.7. The number of imidazole rings is 1. The van der Waals surface area contributed by atoms with Gasteiger partial charge in [-0.1, -0.05) is 12.1 Å². The van der Waals surface area contributed by atoms with E-state index in [1.165, 1.54) is 36.4 Å². The standard InChI is InChI=1S/C33H25F3N4O5/c1-43-30-17-44-16-29(30)40-28-11-19(33(41)42)7-8-27(28)38-31(40)12-21-10-25(36)22(13-24(21)35)26-3-2-4-32(39-26)45-15-20-6-5-18(14-37)9-23(20)34/h2-11,13,29-30H,12,15-17H2,1H3,(H,41,42)/t29-,30+/m0/s1. The molecule has 1 fully saturated rings. The van der Waals surface area contributed by atoms with Crippen LogP contribution in [0.5, 0.6) is 5.88 Å². The van der Waals surface area contributed by atoms with E-state index in [9.17, 15) is 14.3 Å². The third-order valence-electron chi connectivity index (χ3n) is 7.69. The zero-order valence-electron chi connectivity index (χ0n) is 23.8. The summed E-state index contributed by atoms with van der Waals surface area (Å²) in [5, 5.41) is 18.5. The molecule has 12 heteroatoms. The highest BCUT2D eigenvalue weighted by molar-refractivity contribution is 5.92. The van der Waals surface area contributed by atoms with E-state index in [1.54, 1.807) is 23.8 Å². The van der Waals surface area contributed by atoms with Gasteiger partial charge in [0, 0.05) is 30.7 Å². The molecule has 0 saturated carbocycles. The number of rotatable bonds is 9.